The van der Waals surface area contributed by atoms with E-state index in [4.69, 9.17) is 0 Å². The topological polar surface area (TPSA) is 54.7 Å². The summed E-state index contributed by atoms with van der Waals surface area (Å²) in [6.07, 6.45) is 0.902. The van der Waals surface area contributed by atoms with Gasteiger partial charge in [0, 0.05) is 34.6 Å². The number of benzene rings is 1. The largest absolute Gasteiger partial charge is 0.308 e. The van der Waals surface area contributed by atoms with Gasteiger partial charge in [0.2, 0.25) is 5.91 Å². The third kappa shape index (κ3) is 3.05. The average Bonchev–Trinajstić information content (AvgIpc) is 3.14. The van der Waals surface area contributed by atoms with Gasteiger partial charge in [-0.2, -0.15) is 0 Å². The molecule has 1 aromatic carbocycles. The number of anilines is 1. The summed E-state index contributed by atoms with van der Waals surface area (Å²) in [5, 5.41) is 1.93. The van der Waals surface area contributed by atoms with Gasteiger partial charge >= 0.3 is 0 Å². The van der Waals surface area contributed by atoms with Crippen molar-refractivity contribution in [1.82, 2.24) is 9.38 Å². The zero-order valence-corrected chi connectivity index (χ0v) is 16.3. The minimum Gasteiger partial charge on any atom is -0.308 e. The number of carbonyl (C=O) groups excluding carboxylic acids is 1. The molecule has 134 valence electrons. The number of hydrogen-bond acceptors (Lipinski definition) is 5. The molecule has 2 aromatic heterocycles. The quantitative estimate of drug-likeness (QED) is 0.692. The Balaban J connectivity index is 1.44. The second-order valence-corrected chi connectivity index (χ2v) is 8.34. The lowest BCUT2D eigenvalue weighted by molar-refractivity contribution is -0.116. The molecule has 1 aliphatic rings. The van der Waals surface area contributed by atoms with E-state index >= 15 is 0 Å². The van der Waals surface area contributed by atoms with Crippen LogP contribution in [0.2, 0.25) is 0 Å². The first-order chi connectivity index (χ1) is 12.5. The lowest BCUT2D eigenvalue weighted by Gasteiger charge is -2.22. The Morgan fingerprint density at radius 3 is 3.04 bits per heavy atom. The number of para-hydroxylation sites is 1. The molecule has 1 atom stereocenters. The van der Waals surface area contributed by atoms with E-state index < -0.39 is 0 Å². The minimum atomic E-state index is -0.0576. The van der Waals surface area contributed by atoms with Gasteiger partial charge in [-0.3, -0.25) is 14.0 Å². The van der Waals surface area contributed by atoms with Crippen molar-refractivity contribution in [3.05, 3.63) is 63.0 Å². The second-order valence-electron chi connectivity index (χ2n) is 6.52. The first-order valence-electron chi connectivity index (χ1n) is 8.49. The maximum Gasteiger partial charge on any atom is 0.258 e. The van der Waals surface area contributed by atoms with E-state index in [9.17, 15) is 9.59 Å². The number of thiazole rings is 1. The molecule has 1 amide bonds. The zero-order valence-electron chi connectivity index (χ0n) is 14.6. The van der Waals surface area contributed by atoms with Crippen LogP contribution in [0.5, 0.6) is 0 Å². The van der Waals surface area contributed by atoms with Crippen LogP contribution in [0, 0.1) is 6.92 Å². The molecule has 0 spiro atoms. The molecule has 1 aliphatic heterocycles. The van der Waals surface area contributed by atoms with E-state index in [0.717, 1.165) is 23.5 Å². The number of aryl methyl sites for hydroxylation is 1. The Morgan fingerprint density at radius 2 is 2.19 bits per heavy atom. The van der Waals surface area contributed by atoms with Gasteiger partial charge in [0.15, 0.2) is 4.96 Å². The summed E-state index contributed by atoms with van der Waals surface area (Å²) >= 11 is 2.97. The predicted molar refractivity (Wildman–Crippen MR) is 107 cm³/mol. The third-order valence-corrected chi connectivity index (χ3v) is 6.47. The molecule has 0 N–H and O–H groups in total. The van der Waals surface area contributed by atoms with Crippen LogP contribution in [0.25, 0.3) is 4.96 Å². The Hall–Kier alpha value is -2.12. The molecule has 7 heteroatoms. The van der Waals surface area contributed by atoms with Gasteiger partial charge < -0.3 is 4.90 Å². The van der Waals surface area contributed by atoms with Crippen molar-refractivity contribution in [3.63, 3.8) is 0 Å². The highest BCUT2D eigenvalue weighted by molar-refractivity contribution is 7.99. The van der Waals surface area contributed by atoms with Gasteiger partial charge in [0.1, 0.15) is 0 Å². The molecule has 0 radical (unpaired) electrons. The van der Waals surface area contributed by atoms with Gasteiger partial charge in [0.05, 0.1) is 11.4 Å². The van der Waals surface area contributed by atoms with Gasteiger partial charge in [-0.1, -0.05) is 18.2 Å². The van der Waals surface area contributed by atoms with Crippen LogP contribution in [-0.4, -0.2) is 27.1 Å². The highest BCUT2D eigenvalue weighted by Crippen LogP contribution is 2.32. The standard InChI is InChI=1S/C19H19N3O2S2/c1-12-7-14-5-3-4-6-16(14)21(12)18(24)11-25-10-15-8-17(23)22-13(2)9-26-19(22)20-15/h3-6,8-9,12H,7,10-11H2,1-2H3. The molecule has 5 nitrogen and oxygen atoms in total. The van der Waals surface area contributed by atoms with Crippen molar-refractivity contribution in [2.75, 3.05) is 10.7 Å². The number of carbonyl (C=O) groups is 1. The van der Waals surface area contributed by atoms with Gasteiger partial charge in [-0.05, 0) is 31.9 Å². The predicted octanol–water partition coefficient (Wildman–Crippen LogP) is 3.28. The fourth-order valence-corrected chi connectivity index (χ4v) is 5.10. The van der Waals surface area contributed by atoms with E-state index in [1.165, 1.54) is 28.7 Å². The van der Waals surface area contributed by atoms with E-state index in [2.05, 4.69) is 18.0 Å². The molecule has 0 saturated carbocycles. The van der Waals surface area contributed by atoms with Gasteiger partial charge in [-0.25, -0.2) is 4.98 Å². The fraction of sp³-hybridized carbons (Fsp3) is 0.316. The first kappa shape index (κ1) is 17.3. The van der Waals surface area contributed by atoms with Crippen molar-refractivity contribution in [3.8, 4) is 0 Å². The first-order valence-corrected chi connectivity index (χ1v) is 10.5. The molecular weight excluding hydrogens is 366 g/mol. The second kappa shape index (κ2) is 6.89. The molecule has 0 bridgehead atoms. The summed E-state index contributed by atoms with van der Waals surface area (Å²) in [7, 11) is 0. The van der Waals surface area contributed by atoms with E-state index in [-0.39, 0.29) is 17.5 Å². The lowest BCUT2D eigenvalue weighted by Crippen LogP contribution is -2.37. The number of amides is 1. The monoisotopic (exact) mass is 385 g/mol. The smallest absolute Gasteiger partial charge is 0.258 e. The van der Waals surface area contributed by atoms with Crippen molar-refractivity contribution < 1.29 is 4.79 Å². The number of thioether (sulfide) groups is 1. The Bertz CT molecular complexity index is 1040. The van der Waals surface area contributed by atoms with Crippen LogP contribution in [-0.2, 0) is 17.0 Å². The third-order valence-electron chi connectivity index (χ3n) is 4.58. The van der Waals surface area contributed by atoms with E-state index in [1.807, 2.05) is 35.4 Å². The summed E-state index contributed by atoms with van der Waals surface area (Å²) in [6.45, 7) is 3.98. The number of hydrogen-bond donors (Lipinski definition) is 0. The molecule has 1 unspecified atom stereocenters. The fourth-order valence-electron chi connectivity index (χ4n) is 3.43. The molecule has 4 rings (SSSR count). The molecule has 3 heterocycles. The van der Waals surface area contributed by atoms with Crippen LogP contribution in [0.1, 0.15) is 23.9 Å². The van der Waals surface area contributed by atoms with Crippen LogP contribution in [0.4, 0.5) is 5.69 Å². The highest BCUT2D eigenvalue weighted by Gasteiger charge is 2.30. The minimum absolute atomic E-state index is 0.0576. The summed E-state index contributed by atoms with van der Waals surface area (Å²) in [5.41, 5.74) is 3.82. The SMILES string of the molecule is Cc1csc2nc(CSCC(=O)N3c4ccccc4CC3C)cc(=O)n12. The van der Waals surface area contributed by atoms with E-state index in [1.54, 1.807) is 10.5 Å². The van der Waals surface area contributed by atoms with Crippen molar-refractivity contribution in [1.29, 1.82) is 0 Å². The molecular formula is C19H19N3O2S2. The highest BCUT2D eigenvalue weighted by atomic mass is 32.2. The maximum absolute atomic E-state index is 12.7. The van der Waals surface area contributed by atoms with Crippen molar-refractivity contribution >= 4 is 39.7 Å². The Labute approximate surface area is 159 Å². The number of aromatic nitrogens is 2. The van der Waals surface area contributed by atoms with Gasteiger partial charge in [-0.15, -0.1) is 23.1 Å². The van der Waals surface area contributed by atoms with Crippen LogP contribution in [0.3, 0.4) is 0 Å². The summed E-state index contributed by atoms with van der Waals surface area (Å²) in [4.78, 5) is 32.1. The van der Waals surface area contributed by atoms with E-state index in [0.29, 0.717) is 16.5 Å². The normalized spacial score (nSPS) is 16.2. The number of fused-ring (bicyclic) bond motifs is 2. The zero-order chi connectivity index (χ0) is 18.3. The lowest BCUT2D eigenvalue weighted by atomic mass is 10.1. The Morgan fingerprint density at radius 1 is 1.38 bits per heavy atom. The molecule has 0 saturated heterocycles. The molecule has 3 aromatic rings. The average molecular weight is 386 g/mol. The van der Waals surface area contributed by atoms with Gasteiger partial charge in [0.25, 0.3) is 5.56 Å². The van der Waals surface area contributed by atoms with Crippen LogP contribution < -0.4 is 10.5 Å². The molecule has 26 heavy (non-hydrogen) atoms. The Kier molecular flexibility index (Phi) is 4.58. The summed E-state index contributed by atoms with van der Waals surface area (Å²) < 4.78 is 1.62. The summed E-state index contributed by atoms with van der Waals surface area (Å²) in [6, 6.07) is 9.84. The molecule has 0 fully saturated rings. The number of nitrogens with zero attached hydrogens (tertiary/aromatic N) is 3. The van der Waals surface area contributed by atoms with Crippen LogP contribution >= 0.6 is 23.1 Å². The van der Waals surface area contributed by atoms with Crippen molar-refractivity contribution in [2.24, 2.45) is 0 Å². The molecule has 0 aliphatic carbocycles. The number of rotatable bonds is 4. The maximum atomic E-state index is 12.7. The van der Waals surface area contributed by atoms with Crippen molar-refractivity contribution in [2.45, 2.75) is 32.1 Å². The van der Waals surface area contributed by atoms with Crippen LogP contribution in [0.15, 0.2) is 40.5 Å². The summed E-state index contributed by atoms with van der Waals surface area (Å²) in [5.74, 6) is 1.04.